The fourth-order valence-corrected chi connectivity index (χ4v) is 7.16. The number of aromatic nitrogens is 1. The van der Waals surface area contributed by atoms with Gasteiger partial charge < -0.3 is 14.8 Å². The van der Waals surface area contributed by atoms with E-state index in [-0.39, 0.29) is 31.0 Å². The largest absolute Gasteiger partial charge is 0.497 e. The van der Waals surface area contributed by atoms with E-state index in [1.165, 1.54) is 0 Å². The molecule has 4 aromatic rings. The number of hydrogen-bond donors (Lipinski definition) is 1. The second kappa shape index (κ2) is 11.1. The summed E-state index contributed by atoms with van der Waals surface area (Å²) in [6.45, 7) is 1.63. The number of pyridine rings is 1. The number of carbonyl (C=O) groups excluding carboxylic acids is 3. The van der Waals surface area contributed by atoms with Gasteiger partial charge in [0.25, 0.3) is 5.91 Å². The second-order valence-electron chi connectivity index (χ2n) is 10.3. The zero-order valence-corrected chi connectivity index (χ0v) is 24.2. The number of ether oxygens (including phenoxy) is 2. The molecule has 0 spiro atoms. The van der Waals surface area contributed by atoms with Crippen LogP contribution in [0.1, 0.15) is 41.1 Å². The number of rotatable bonds is 7. The van der Waals surface area contributed by atoms with Crippen molar-refractivity contribution in [3.63, 3.8) is 0 Å². The van der Waals surface area contributed by atoms with Crippen molar-refractivity contribution in [2.24, 2.45) is 5.92 Å². The molecule has 1 unspecified atom stereocenters. The van der Waals surface area contributed by atoms with Crippen molar-refractivity contribution >= 4 is 51.1 Å². The molecule has 3 heterocycles. The molecular formula is C31H28ClN3O5S. The minimum Gasteiger partial charge on any atom is -0.497 e. The van der Waals surface area contributed by atoms with Crippen LogP contribution in [0.4, 0.5) is 4.79 Å². The first-order valence-electron chi connectivity index (χ1n) is 13.4. The summed E-state index contributed by atoms with van der Waals surface area (Å²) in [5.74, 6) is 0.172. The maximum Gasteiger partial charge on any atom is 0.417 e. The average molecular weight is 590 g/mol. The highest BCUT2D eigenvalue weighted by molar-refractivity contribution is 7.19. The highest BCUT2D eigenvalue weighted by Gasteiger charge is 2.34. The number of cyclic esters (lactones) is 1. The number of fused-ring (bicyclic) bond motifs is 3. The average Bonchev–Trinajstić information content (AvgIpc) is 3.51. The minimum absolute atomic E-state index is 0.0394. The van der Waals surface area contributed by atoms with Gasteiger partial charge in [0.15, 0.2) is 6.61 Å². The van der Waals surface area contributed by atoms with Gasteiger partial charge in [0, 0.05) is 21.7 Å². The predicted octanol–water partition coefficient (Wildman–Crippen LogP) is 6.09. The van der Waals surface area contributed by atoms with Crippen molar-refractivity contribution in [1.29, 1.82) is 0 Å². The molecule has 0 saturated carbocycles. The molecule has 1 saturated heterocycles. The molecule has 1 aliphatic carbocycles. The van der Waals surface area contributed by atoms with Gasteiger partial charge in [-0.05, 0) is 55.0 Å². The molecule has 2 aromatic carbocycles. The van der Waals surface area contributed by atoms with Crippen LogP contribution < -0.4 is 10.1 Å². The zero-order chi connectivity index (χ0) is 28.7. The van der Waals surface area contributed by atoms with Crippen molar-refractivity contribution in [3.8, 4) is 16.9 Å². The van der Waals surface area contributed by atoms with Crippen molar-refractivity contribution < 1.29 is 23.9 Å². The number of benzene rings is 2. The van der Waals surface area contributed by atoms with E-state index >= 15 is 0 Å². The number of thiophene rings is 1. The number of amides is 3. The van der Waals surface area contributed by atoms with Crippen LogP contribution in [0.25, 0.3) is 21.3 Å². The summed E-state index contributed by atoms with van der Waals surface area (Å²) in [5, 5.41) is 4.52. The molecule has 6 rings (SSSR count). The number of carbonyl (C=O) groups is 3. The molecule has 3 amide bonds. The van der Waals surface area contributed by atoms with E-state index in [0.717, 1.165) is 42.2 Å². The fraction of sp³-hybridized carbons (Fsp3) is 0.290. The third-order valence-electron chi connectivity index (χ3n) is 7.76. The Hall–Kier alpha value is -3.95. The first kappa shape index (κ1) is 27.2. The van der Waals surface area contributed by atoms with Crippen molar-refractivity contribution in [2.45, 2.75) is 38.8 Å². The van der Waals surface area contributed by atoms with Gasteiger partial charge in [-0.2, -0.15) is 0 Å². The van der Waals surface area contributed by atoms with Gasteiger partial charge in [0.2, 0.25) is 5.91 Å². The van der Waals surface area contributed by atoms with Gasteiger partial charge in [-0.25, -0.2) is 14.7 Å². The smallest absolute Gasteiger partial charge is 0.417 e. The van der Waals surface area contributed by atoms with Gasteiger partial charge in [0.1, 0.15) is 10.6 Å². The van der Waals surface area contributed by atoms with Crippen molar-refractivity contribution in [2.75, 3.05) is 13.7 Å². The van der Waals surface area contributed by atoms with Crippen LogP contribution in [0.15, 0.2) is 54.6 Å². The van der Waals surface area contributed by atoms with E-state index in [1.54, 1.807) is 18.4 Å². The molecule has 0 radical (unpaired) electrons. The number of nitrogens with zero attached hydrogens (tertiary/aromatic N) is 2. The number of halogens is 1. The molecule has 1 fully saturated rings. The lowest BCUT2D eigenvalue weighted by atomic mass is 9.85. The maximum absolute atomic E-state index is 13.3. The van der Waals surface area contributed by atoms with E-state index < -0.39 is 12.0 Å². The van der Waals surface area contributed by atoms with Gasteiger partial charge in [-0.3, -0.25) is 9.59 Å². The maximum atomic E-state index is 13.3. The molecule has 41 heavy (non-hydrogen) atoms. The van der Waals surface area contributed by atoms with Crippen molar-refractivity contribution in [1.82, 2.24) is 15.2 Å². The lowest BCUT2D eigenvalue weighted by molar-refractivity contribution is -0.127. The Balaban J connectivity index is 1.37. The molecule has 1 N–H and O–H groups in total. The van der Waals surface area contributed by atoms with E-state index in [2.05, 4.69) is 5.32 Å². The van der Waals surface area contributed by atoms with E-state index in [9.17, 15) is 14.4 Å². The second-order valence-corrected chi connectivity index (χ2v) is 11.7. The molecule has 2 aliphatic rings. The number of nitrogens with one attached hydrogen (secondary N) is 1. The van der Waals surface area contributed by atoms with Gasteiger partial charge in [-0.15, -0.1) is 11.3 Å². The topological polar surface area (TPSA) is 97.8 Å². The molecule has 2 aromatic heterocycles. The zero-order valence-electron chi connectivity index (χ0n) is 22.6. The van der Waals surface area contributed by atoms with Crippen LogP contribution in [0, 0.1) is 5.92 Å². The molecule has 1 aliphatic heterocycles. The normalized spacial score (nSPS) is 17.3. The standard InChI is InChI=1S/C31H28ClN3O5S/c1-17(18-6-4-3-5-7-18)33-29(37)20-10-13-22-24(14-20)41-30-27(22)26(19-8-11-21(39-2)12-9-19)28(32)23(34-30)15-35-25(36)16-40-31(35)38/h3-9,11-12,17,20H,10,13-16H2,1-2H3,(H,33,37)/t17-,20?/m1/s1. The Kier molecular flexibility index (Phi) is 7.40. The first-order chi connectivity index (χ1) is 19.8. The van der Waals surface area contributed by atoms with Crippen LogP contribution in [-0.2, 0) is 33.7 Å². The summed E-state index contributed by atoms with van der Waals surface area (Å²) in [4.78, 5) is 45.5. The summed E-state index contributed by atoms with van der Waals surface area (Å²) in [5.41, 5.74) is 4.30. The van der Waals surface area contributed by atoms with Crippen LogP contribution in [-0.4, -0.2) is 41.5 Å². The van der Waals surface area contributed by atoms with Crippen LogP contribution in [0.3, 0.4) is 0 Å². The van der Waals surface area contributed by atoms with E-state index in [4.69, 9.17) is 26.1 Å². The third kappa shape index (κ3) is 5.15. The highest BCUT2D eigenvalue weighted by atomic mass is 35.5. The number of aryl methyl sites for hydroxylation is 1. The summed E-state index contributed by atoms with van der Waals surface area (Å²) >= 11 is 8.56. The Morgan fingerprint density at radius 2 is 1.95 bits per heavy atom. The monoisotopic (exact) mass is 589 g/mol. The van der Waals surface area contributed by atoms with Crippen LogP contribution in [0.5, 0.6) is 5.75 Å². The lowest BCUT2D eigenvalue weighted by Gasteiger charge is -2.24. The van der Waals surface area contributed by atoms with E-state index in [1.807, 2.05) is 61.5 Å². The number of methoxy groups -OCH3 is 1. The number of hydrogen-bond acceptors (Lipinski definition) is 7. The Bertz CT molecular complexity index is 1640. The summed E-state index contributed by atoms with van der Waals surface area (Å²) < 4.78 is 10.2. The van der Waals surface area contributed by atoms with Gasteiger partial charge in [0.05, 0.1) is 30.4 Å². The van der Waals surface area contributed by atoms with Crippen LogP contribution >= 0.6 is 22.9 Å². The molecule has 210 valence electrons. The Morgan fingerprint density at radius 1 is 1.20 bits per heavy atom. The molecule has 2 atom stereocenters. The first-order valence-corrected chi connectivity index (χ1v) is 14.6. The van der Waals surface area contributed by atoms with E-state index in [0.29, 0.717) is 35.7 Å². The Morgan fingerprint density at radius 3 is 2.63 bits per heavy atom. The predicted molar refractivity (Wildman–Crippen MR) is 157 cm³/mol. The van der Waals surface area contributed by atoms with Crippen molar-refractivity contribution in [3.05, 3.63) is 81.3 Å². The lowest BCUT2D eigenvalue weighted by Crippen LogP contribution is -2.35. The summed E-state index contributed by atoms with van der Waals surface area (Å²) in [6.07, 6.45) is 1.32. The number of imide groups is 1. The Labute approximate surface area is 246 Å². The SMILES string of the molecule is COc1ccc(-c2c(Cl)c(CN3C(=O)COC3=O)nc3sc4c(c23)CCC(C(=O)N[C@H](C)c2ccccc2)C4)cc1. The summed E-state index contributed by atoms with van der Waals surface area (Å²) in [6, 6.07) is 17.4. The third-order valence-corrected chi connectivity index (χ3v) is 9.32. The molecule has 0 bridgehead atoms. The molecule has 10 heteroatoms. The van der Waals surface area contributed by atoms with Gasteiger partial charge in [-0.1, -0.05) is 54.1 Å². The summed E-state index contributed by atoms with van der Waals surface area (Å²) in [7, 11) is 1.61. The molecule has 8 nitrogen and oxygen atoms in total. The van der Waals surface area contributed by atoms with Gasteiger partial charge >= 0.3 is 6.09 Å². The van der Waals surface area contributed by atoms with Crippen LogP contribution in [0.2, 0.25) is 5.02 Å². The quantitative estimate of drug-likeness (QED) is 0.280. The highest BCUT2D eigenvalue weighted by Crippen LogP contribution is 2.46. The minimum atomic E-state index is -0.706. The molecular weight excluding hydrogens is 562 g/mol. The fourth-order valence-electron chi connectivity index (χ4n) is 5.53.